The first-order valence-corrected chi connectivity index (χ1v) is 5.87. The Bertz CT molecular complexity index is 718. The van der Waals surface area contributed by atoms with Crippen molar-refractivity contribution in [1.82, 2.24) is 14.8 Å². The van der Waals surface area contributed by atoms with E-state index in [1.807, 2.05) is 0 Å². The van der Waals surface area contributed by atoms with Crippen molar-refractivity contribution in [3.63, 3.8) is 0 Å². The van der Waals surface area contributed by atoms with Gasteiger partial charge in [0.1, 0.15) is 0 Å². The number of benzene rings is 1. The normalized spacial score (nSPS) is 11.4. The second-order valence-corrected chi connectivity index (χ2v) is 3.96. The Morgan fingerprint density at radius 1 is 1.43 bits per heavy atom. The fourth-order valence-corrected chi connectivity index (χ4v) is 1.60. The van der Waals surface area contributed by atoms with E-state index in [4.69, 9.17) is 0 Å². The van der Waals surface area contributed by atoms with E-state index >= 15 is 0 Å². The summed E-state index contributed by atoms with van der Waals surface area (Å²) in [5, 5.41) is 3.63. The smallest absolute Gasteiger partial charge is 0.416 e. The number of hydrogen-bond donors (Lipinski definition) is 1. The number of rotatable bonds is 3. The van der Waals surface area contributed by atoms with Gasteiger partial charge >= 0.3 is 17.8 Å². The van der Waals surface area contributed by atoms with Crippen LogP contribution in [0.2, 0.25) is 0 Å². The van der Waals surface area contributed by atoms with Crippen molar-refractivity contribution in [2.75, 3.05) is 6.61 Å². The molecule has 0 saturated carbocycles. The molecule has 0 radical (unpaired) electrons. The largest absolute Gasteiger partial charge is 0.460 e. The number of H-pyrrole nitrogens is 1. The summed E-state index contributed by atoms with van der Waals surface area (Å²) in [6, 6.07) is 4.04. The molecular weight excluding hydrogens is 291 g/mol. The zero-order chi connectivity index (χ0) is 15.6. The van der Waals surface area contributed by atoms with E-state index in [9.17, 15) is 22.8 Å². The van der Waals surface area contributed by atoms with Crippen LogP contribution in [0.1, 0.15) is 23.1 Å². The van der Waals surface area contributed by atoms with Gasteiger partial charge in [0.15, 0.2) is 0 Å². The van der Waals surface area contributed by atoms with E-state index in [0.29, 0.717) is 4.68 Å². The van der Waals surface area contributed by atoms with Gasteiger partial charge in [-0.2, -0.15) is 17.9 Å². The minimum atomic E-state index is -4.54. The van der Waals surface area contributed by atoms with Crippen molar-refractivity contribution in [2.24, 2.45) is 0 Å². The number of halogens is 3. The Hall–Kier alpha value is -2.58. The van der Waals surface area contributed by atoms with Crippen molar-refractivity contribution in [2.45, 2.75) is 13.1 Å². The Balaban J connectivity index is 2.44. The summed E-state index contributed by atoms with van der Waals surface area (Å²) >= 11 is 0. The molecule has 0 saturated heterocycles. The number of aromatic amines is 1. The molecule has 0 fully saturated rings. The minimum Gasteiger partial charge on any atom is -0.460 e. The molecule has 0 unspecified atom stereocenters. The Morgan fingerprint density at radius 2 is 2.14 bits per heavy atom. The molecule has 1 heterocycles. The van der Waals surface area contributed by atoms with Crippen LogP contribution in [0.3, 0.4) is 0 Å². The fraction of sp³-hybridized carbons (Fsp3) is 0.250. The van der Waals surface area contributed by atoms with Crippen LogP contribution in [0, 0.1) is 0 Å². The lowest BCUT2D eigenvalue weighted by Crippen LogP contribution is -2.16. The predicted octanol–water partition coefficient (Wildman–Crippen LogP) is 1.76. The second kappa shape index (κ2) is 5.43. The van der Waals surface area contributed by atoms with E-state index in [-0.39, 0.29) is 18.1 Å². The van der Waals surface area contributed by atoms with E-state index in [1.165, 1.54) is 6.07 Å². The average molecular weight is 301 g/mol. The first-order chi connectivity index (χ1) is 9.82. The van der Waals surface area contributed by atoms with Crippen LogP contribution >= 0.6 is 0 Å². The summed E-state index contributed by atoms with van der Waals surface area (Å²) in [6.45, 7) is 1.65. The summed E-state index contributed by atoms with van der Waals surface area (Å²) in [6.07, 6.45) is -4.54. The molecule has 0 aliphatic rings. The molecule has 1 aromatic carbocycles. The van der Waals surface area contributed by atoms with E-state index in [0.717, 1.165) is 18.2 Å². The number of nitrogens with zero attached hydrogens (tertiary/aromatic N) is 2. The number of esters is 1. The van der Waals surface area contributed by atoms with Crippen LogP contribution in [-0.2, 0) is 10.9 Å². The number of carbonyl (C=O) groups excluding carboxylic acids is 1. The zero-order valence-electron chi connectivity index (χ0n) is 10.8. The SMILES string of the molecule is CCOC(=O)c1nn(-c2cccc(C(F)(F)F)c2)c(=O)[nH]1. The van der Waals surface area contributed by atoms with Gasteiger partial charge in [-0.05, 0) is 25.1 Å². The molecule has 6 nitrogen and oxygen atoms in total. The fourth-order valence-electron chi connectivity index (χ4n) is 1.60. The maximum Gasteiger partial charge on any atom is 0.416 e. The summed E-state index contributed by atoms with van der Waals surface area (Å²) in [5.41, 5.74) is -1.87. The third-order valence-electron chi connectivity index (χ3n) is 2.50. The molecule has 112 valence electrons. The summed E-state index contributed by atoms with van der Waals surface area (Å²) in [5.74, 6) is -1.24. The highest BCUT2D eigenvalue weighted by atomic mass is 19.4. The lowest BCUT2D eigenvalue weighted by molar-refractivity contribution is -0.137. The highest BCUT2D eigenvalue weighted by Gasteiger charge is 2.30. The number of nitrogens with one attached hydrogen (secondary N) is 1. The Kier molecular flexibility index (Phi) is 3.83. The molecule has 9 heteroatoms. The van der Waals surface area contributed by atoms with E-state index in [2.05, 4.69) is 14.8 Å². The monoisotopic (exact) mass is 301 g/mol. The van der Waals surface area contributed by atoms with E-state index in [1.54, 1.807) is 6.92 Å². The highest BCUT2D eigenvalue weighted by molar-refractivity contribution is 5.84. The Morgan fingerprint density at radius 3 is 2.76 bits per heavy atom. The van der Waals surface area contributed by atoms with Gasteiger partial charge in [0.2, 0.25) is 5.82 Å². The molecule has 0 aliphatic heterocycles. The molecule has 0 spiro atoms. The van der Waals surface area contributed by atoms with Crippen molar-refractivity contribution < 1.29 is 22.7 Å². The number of alkyl halides is 3. The number of carbonyl (C=O) groups is 1. The van der Waals surface area contributed by atoms with Gasteiger partial charge < -0.3 is 4.74 Å². The lowest BCUT2D eigenvalue weighted by atomic mass is 10.2. The first kappa shape index (κ1) is 14.8. The van der Waals surface area contributed by atoms with Crippen molar-refractivity contribution in [3.05, 3.63) is 46.1 Å². The van der Waals surface area contributed by atoms with Crippen LogP contribution < -0.4 is 5.69 Å². The quantitative estimate of drug-likeness (QED) is 0.876. The van der Waals surface area contributed by atoms with Gasteiger partial charge in [0, 0.05) is 0 Å². The molecule has 0 amide bonds. The van der Waals surface area contributed by atoms with Crippen LogP contribution in [0.15, 0.2) is 29.1 Å². The molecule has 21 heavy (non-hydrogen) atoms. The minimum absolute atomic E-state index is 0.0806. The molecule has 0 atom stereocenters. The Labute approximate surface area is 116 Å². The molecule has 0 bridgehead atoms. The van der Waals surface area contributed by atoms with Crippen LogP contribution in [-0.4, -0.2) is 27.3 Å². The van der Waals surface area contributed by atoms with Gasteiger partial charge in [-0.25, -0.2) is 9.59 Å². The highest BCUT2D eigenvalue weighted by Crippen LogP contribution is 2.29. The van der Waals surface area contributed by atoms with Gasteiger partial charge in [0.25, 0.3) is 0 Å². The maximum absolute atomic E-state index is 12.6. The maximum atomic E-state index is 12.6. The average Bonchev–Trinajstić information content (AvgIpc) is 2.80. The van der Waals surface area contributed by atoms with Gasteiger partial charge in [-0.1, -0.05) is 6.07 Å². The summed E-state index contributed by atoms with van der Waals surface area (Å²) in [4.78, 5) is 25.2. The molecule has 0 aliphatic carbocycles. The zero-order valence-corrected chi connectivity index (χ0v) is 10.8. The molecule has 2 rings (SSSR count). The van der Waals surface area contributed by atoms with Crippen molar-refractivity contribution in [1.29, 1.82) is 0 Å². The summed E-state index contributed by atoms with van der Waals surface area (Å²) < 4.78 is 43.2. The first-order valence-electron chi connectivity index (χ1n) is 5.87. The van der Waals surface area contributed by atoms with Gasteiger partial charge in [-0.15, -0.1) is 5.10 Å². The topological polar surface area (TPSA) is 77.0 Å². The number of hydrogen-bond acceptors (Lipinski definition) is 4. The molecular formula is C12H10F3N3O3. The lowest BCUT2D eigenvalue weighted by Gasteiger charge is -2.07. The third-order valence-corrected chi connectivity index (χ3v) is 2.50. The number of aromatic nitrogens is 3. The van der Waals surface area contributed by atoms with Gasteiger partial charge in [-0.3, -0.25) is 4.98 Å². The summed E-state index contributed by atoms with van der Waals surface area (Å²) in [7, 11) is 0. The second-order valence-electron chi connectivity index (χ2n) is 3.96. The molecule has 2 aromatic rings. The van der Waals surface area contributed by atoms with Crippen molar-refractivity contribution in [3.8, 4) is 5.69 Å². The third kappa shape index (κ3) is 3.12. The van der Waals surface area contributed by atoms with Crippen molar-refractivity contribution >= 4 is 5.97 Å². The predicted molar refractivity (Wildman–Crippen MR) is 65.1 cm³/mol. The number of ether oxygens (including phenoxy) is 1. The van der Waals surface area contributed by atoms with Crippen LogP contribution in [0.4, 0.5) is 13.2 Å². The standard InChI is InChI=1S/C12H10F3N3O3/c1-2-21-10(19)9-16-11(20)18(17-9)8-5-3-4-7(6-8)12(13,14)15/h3-6H,2H2,1H3,(H,16,17,20). The van der Waals surface area contributed by atoms with Crippen LogP contribution in [0.25, 0.3) is 5.69 Å². The van der Waals surface area contributed by atoms with Crippen LogP contribution in [0.5, 0.6) is 0 Å². The molecule has 1 N–H and O–H groups in total. The van der Waals surface area contributed by atoms with Gasteiger partial charge in [0.05, 0.1) is 17.9 Å². The molecule has 1 aromatic heterocycles. The van der Waals surface area contributed by atoms with E-state index < -0.39 is 23.4 Å².